The smallest absolute Gasteiger partial charge is 0.290 e. The van der Waals surface area contributed by atoms with Gasteiger partial charge in [-0.05, 0) is 84.5 Å². The van der Waals surface area contributed by atoms with Crippen molar-refractivity contribution in [2.75, 3.05) is 5.32 Å². The Morgan fingerprint density at radius 3 is 2.77 bits per heavy atom. The summed E-state index contributed by atoms with van der Waals surface area (Å²) in [6.45, 7) is 2.38. The van der Waals surface area contributed by atoms with Crippen LogP contribution in [0.1, 0.15) is 29.5 Å². The van der Waals surface area contributed by atoms with Gasteiger partial charge in [0.1, 0.15) is 0 Å². The number of carbonyl (C=O) groups is 1. The molecule has 1 aromatic heterocycles. The van der Waals surface area contributed by atoms with E-state index in [4.69, 9.17) is 0 Å². The molecule has 0 saturated heterocycles. The molecule has 1 amide bonds. The first-order valence-corrected chi connectivity index (χ1v) is 8.76. The van der Waals surface area contributed by atoms with E-state index in [2.05, 4.69) is 46.2 Å². The van der Waals surface area contributed by atoms with Gasteiger partial charge in [-0.1, -0.05) is 0 Å². The molecule has 0 unspecified atom stereocenters. The van der Waals surface area contributed by atoms with Gasteiger partial charge in [0, 0.05) is 20.9 Å². The number of rotatable bonds is 3. The lowest BCUT2D eigenvalue weighted by atomic mass is 9.93. The summed E-state index contributed by atoms with van der Waals surface area (Å²) in [5.41, 5.74) is 4.82. The molecule has 0 radical (unpaired) electrons. The summed E-state index contributed by atoms with van der Waals surface area (Å²) in [5.74, 6) is 0.0186. The van der Waals surface area contributed by atoms with Crippen molar-refractivity contribution in [1.29, 1.82) is 0 Å². The predicted octanol–water partition coefficient (Wildman–Crippen LogP) is 3.40. The van der Waals surface area contributed by atoms with Crippen molar-refractivity contribution in [3.63, 3.8) is 0 Å². The van der Waals surface area contributed by atoms with Crippen LogP contribution in [0, 0.1) is 10.5 Å². The van der Waals surface area contributed by atoms with Crippen molar-refractivity contribution in [2.24, 2.45) is 0 Å². The molecule has 114 valence electrons. The highest BCUT2D eigenvalue weighted by molar-refractivity contribution is 14.1. The molecule has 1 aliphatic carbocycles. The van der Waals surface area contributed by atoms with E-state index in [-0.39, 0.29) is 5.91 Å². The minimum Gasteiger partial charge on any atom is -0.320 e. The van der Waals surface area contributed by atoms with Crippen LogP contribution in [0.2, 0.25) is 0 Å². The van der Waals surface area contributed by atoms with Gasteiger partial charge in [-0.2, -0.15) is 4.57 Å². The molecule has 2 aromatic rings. The van der Waals surface area contributed by atoms with E-state index in [1.807, 2.05) is 29.8 Å². The van der Waals surface area contributed by atoms with Crippen molar-refractivity contribution in [2.45, 2.75) is 39.2 Å². The molecule has 1 heterocycles. The van der Waals surface area contributed by atoms with E-state index < -0.39 is 0 Å². The molecule has 0 bridgehead atoms. The van der Waals surface area contributed by atoms with Gasteiger partial charge in [-0.25, -0.2) is 0 Å². The quantitative estimate of drug-likeness (QED) is 0.614. The van der Waals surface area contributed by atoms with Crippen molar-refractivity contribution in [3.8, 4) is 0 Å². The van der Waals surface area contributed by atoms with E-state index in [0.29, 0.717) is 6.54 Å². The van der Waals surface area contributed by atoms with E-state index >= 15 is 0 Å². The molecule has 1 aromatic carbocycles. The lowest BCUT2D eigenvalue weighted by Crippen LogP contribution is -2.40. The number of benzene rings is 1. The second kappa shape index (κ2) is 6.77. The van der Waals surface area contributed by atoms with Crippen molar-refractivity contribution < 1.29 is 9.36 Å². The van der Waals surface area contributed by atoms with E-state index in [1.165, 1.54) is 34.0 Å². The van der Waals surface area contributed by atoms with Gasteiger partial charge < -0.3 is 5.32 Å². The minimum atomic E-state index is 0.0186. The van der Waals surface area contributed by atoms with Crippen LogP contribution in [-0.2, 0) is 24.2 Å². The zero-order valence-corrected chi connectivity index (χ0v) is 14.9. The third-order valence-electron chi connectivity index (χ3n) is 4.13. The number of anilines is 1. The van der Waals surface area contributed by atoms with E-state index in [1.54, 1.807) is 0 Å². The third-order valence-corrected chi connectivity index (χ3v) is 4.80. The molecular formula is C18H20IN2O+. The maximum absolute atomic E-state index is 12.3. The van der Waals surface area contributed by atoms with Crippen LogP contribution in [0.3, 0.4) is 0 Å². The number of hydrogen-bond acceptors (Lipinski definition) is 1. The Balaban J connectivity index is 1.69. The fourth-order valence-electron chi connectivity index (χ4n) is 2.94. The number of halogens is 1. The Bertz CT molecular complexity index is 712. The second-order valence-corrected chi connectivity index (χ2v) is 7.13. The minimum absolute atomic E-state index is 0.0186. The number of hydrogen-bond donors (Lipinski definition) is 1. The number of aryl methyl sites for hydroxylation is 3. The zero-order valence-electron chi connectivity index (χ0n) is 12.7. The Morgan fingerprint density at radius 1 is 1.23 bits per heavy atom. The molecule has 0 saturated carbocycles. The van der Waals surface area contributed by atoms with E-state index in [9.17, 15) is 4.79 Å². The maximum atomic E-state index is 12.3. The summed E-state index contributed by atoms with van der Waals surface area (Å²) in [7, 11) is 0. The number of fused-ring (bicyclic) bond motifs is 1. The van der Waals surface area contributed by atoms with Gasteiger partial charge in [0.15, 0.2) is 12.4 Å². The highest BCUT2D eigenvalue weighted by Gasteiger charge is 2.16. The molecular weight excluding hydrogens is 387 g/mol. The van der Waals surface area contributed by atoms with Crippen LogP contribution in [0.15, 0.2) is 36.7 Å². The molecule has 1 aliphatic rings. The average Bonchev–Trinajstić information content (AvgIpc) is 2.50. The lowest BCUT2D eigenvalue weighted by molar-refractivity contribution is -0.684. The van der Waals surface area contributed by atoms with E-state index in [0.717, 1.165) is 17.7 Å². The van der Waals surface area contributed by atoms with Crippen LogP contribution < -0.4 is 9.88 Å². The molecule has 22 heavy (non-hydrogen) atoms. The number of amides is 1. The first-order chi connectivity index (χ1) is 10.6. The van der Waals surface area contributed by atoms with Crippen LogP contribution in [0.5, 0.6) is 0 Å². The average molecular weight is 407 g/mol. The molecule has 0 atom stereocenters. The molecule has 3 nitrogen and oxygen atoms in total. The highest BCUT2D eigenvalue weighted by atomic mass is 127. The summed E-state index contributed by atoms with van der Waals surface area (Å²) in [4.78, 5) is 12.3. The largest absolute Gasteiger partial charge is 0.320 e. The summed E-state index contributed by atoms with van der Waals surface area (Å²) in [6.07, 6.45) is 8.99. The Morgan fingerprint density at radius 2 is 2.00 bits per heavy atom. The molecule has 0 aliphatic heterocycles. The lowest BCUT2D eigenvalue weighted by Gasteiger charge is -2.13. The van der Waals surface area contributed by atoms with Gasteiger partial charge in [0.25, 0.3) is 5.91 Å². The maximum Gasteiger partial charge on any atom is 0.290 e. The van der Waals surface area contributed by atoms with Gasteiger partial charge in [-0.3, -0.25) is 4.79 Å². The molecule has 1 N–H and O–H groups in total. The highest BCUT2D eigenvalue weighted by Crippen LogP contribution is 2.19. The topological polar surface area (TPSA) is 33.0 Å². The fraction of sp³-hybridized carbons (Fsp3) is 0.333. The first-order valence-electron chi connectivity index (χ1n) is 7.69. The summed E-state index contributed by atoms with van der Waals surface area (Å²) < 4.78 is 3.17. The van der Waals surface area contributed by atoms with Crippen LogP contribution in [-0.4, -0.2) is 5.91 Å². The second-order valence-electron chi connectivity index (χ2n) is 5.88. The summed E-state index contributed by atoms with van der Waals surface area (Å²) >= 11 is 2.28. The SMILES string of the molecule is Cc1cc(I)ccc1NC(=O)C[n+]1ccc2c(c1)CCCC2. The Labute approximate surface area is 144 Å². The summed E-state index contributed by atoms with van der Waals surface area (Å²) in [6, 6.07) is 8.21. The molecule has 0 fully saturated rings. The number of aromatic nitrogens is 1. The predicted molar refractivity (Wildman–Crippen MR) is 95.8 cm³/mol. The Kier molecular flexibility index (Phi) is 4.76. The van der Waals surface area contributed by atoms with Crippen molar-refractivity contribution in [1.82, 2.24) is 0 Å². The molecule has 0 spiro atoms. The normalized spacial score (nSPS) is 13.5. The van der Waals surface area contributed by atoms with Gasteiger partial charge in [-0.15, -0.1) is 0 Å². The Hall–Kier alpha value is -1.43. The van der Waals surface area contributed by atoms with Crippen LogP contribution in [0.4, 0.5) is 5.69 Å². The zero-order chi connectivity index (χ0) is 15.5. The number of nitrogens with one attached hydrogen (secondary N) is 1. The van der Waals surface area contributed by atoms with Crippen LogP contribution in [0.25, 0.3) is 0 Å². The van der Waals surface area contributed by atoms with Crippen LogP contribution >= 0.6 is 22.6 Å². The first kappa shape index (κ1) is 15.5. The monoisotopic (exact) mass is 407 g/mol. The van der Waals surface area contributed by atoms with Crippen molar-refractivity contribution in [3.05, 3.63) is 56.9 Å². The molecule has 3 rings (SSSR count). The van der Waals surface area contributed by atoms with Gasteiger partial charge >= 0.3 is 0 Å². The van der Waals surface area contributed by atoms with Gasteiger partial charge in [0.05, 0.1) is 0 Å². The third kappa shape index (κ3) is 3.66. The molecule has 4 heteroatoms. The number of nitrogens with zero attached hydrogens (tertiary/aromatic N) is 1. The number of pyridine rings is 1. The van der Waals surface area contributed by atoms with Crippen molar-refractivity contribution >= 4 is 34.2 Å². The standard InChI is InChI=1S/C18H19IN2O/c1-13-10-16(19)6-7-17(13)20-18(22)12-21-9-8-14-4-2-3-5-15(14)11-21/h6-11H,2-5,12H2,1H3/p+1. The number of carbonyl (C=O) groups excluding carboxylic acids is 1. The van der Waals surface area contributed by atoms with Gasteiger partial charge in [0.2, 0.25) is 6.54 Å². The summed E-state index contributed by atoms with van der Waals surface area (Å²) in [5, 5.41) is 3.00. The fourth-order valence-corrected chi connectivity index (χ4v) is 3.59.